The molecule has 1 heterocycles. The summed E-state index contributed by atoms with van der Waals surface area (Å²) in [6.45, 7) is 1.83. The van der Waals surface area contributed by atoms with E-state index in [1.807, 2.05) is 42.5 Å². The van der Waals surface area contributed by atoms with Crippen LogP contribution in [0.4, 0.5) is 5.69 Å². The maximum Gasteiger partial charge on any atom is 0.336 e. The van der Waals surface area contributed by atoms with Crippen molar-refractivity contribution < 1.29 is 19.5 Å². The van der Waals surface area contributed by atoms with E-state index < -0.39 is 5.97 Å². The van der Waals surface area contributed by atoms with Gasteiger partial charge in [-0.1, -0.05) is 48.0 Å². The van der Waals surface area contributed by atoms with Gasteiger partial charge in [0.15, 0.2) is 0 Å². The highest BCUT2D eigenvalue weighted by molar-refractivity contribution is 6.30. The van der Waals surface area contributed by atoms with E-state index in [1.54, 1.807) is 23.1 Å². The predicted molar refractivity (Wildman–Crippen MR) is 121 cm³/mol. The van der Waals surface area contributed by atoms with Crippen molar-refractivity contribution in [3.8, 4) is 11.1 Å². The van der Waals surface area contributed by atoms with Gasteiger partial charge < -0.3 is 10.0 Å². The molecule has 0 aliphatic carbocycles. The van der Waals surface area contributed by atoms with E-state index in [4.69, 9.17) is 11.6 Å². The summed E-state index contributed by atoms with van der Waals surface area (Å²) in [7, 11) is 0. The van der Waals surface area contributed by atoms with E-state index in [1.165, 1.54) is 13.0 Å². The third kappa shape index (κ3) is 4.00. The molecular weight excluding hydrogens is 414 g/mol. The average molecular weight is 432 g/mol. The number of carbonyl (C=O) groups excluding carboxylic acids is 2. The molecule has 3 aromatic rings. The summed E-state index contributed by atoms with van der Waals surface area (Å²) in [5, 5.41) is 10.2. The van der Waals surface area contributed by atoms with Crippen molar-refractivity contribution in [2.75, 3.05) is 4.90 Å². The minimum Gasteiger partial charge on any atom is -0.478 e. The first-order valence-corrected chi connectivity index (χ1v) is 9.96. The Labute approximate surface area is 184 Å². The van der Waals surface area contributed by atoms with Crippen molar-refractivity contribution >= 4 is 47.6 Å². The van der Waals surface area contributed by atoms with Crippen LogP contribution in [0.1, 0.15) is 44.3 Å². The van der Waals surface area contributed by atoms with E-state index >= 15 is 0 Å². The third-order valence-corrected chi connectivity index (χ3v) is 5.53. The summed E-state index contributed by atoms with van der Waals surface area (Å²) < 4.78 is 0. The molecule has 0 spiro atoms. The molecule has 1 amide bonds. The highest BCUT2D eigenvalue weighted by atomic mass is 35.5. The Morgan fingerprint density at radius 2 is 1.77 bits per heavy atom. The number of aromatic carboxylic acids is 1. The summed E-state index contributed by atoms with van der Waals surface area (Å²) >= 11 is 6.14. The molecule has 1 aliphatic rings. The average Bonchev–Trinajstić information content (AvgIpc) is 2.74. The quantitative estimate of drug-likeness (QED) is 0.551. The lowest BCUT2D eigenvalue weighted by molar-refractivity contribution is -0.116. The normalized spacial score (nSPS) is 13.4. The minimum atomic E-state index is -1.11. The summed E-state index contributed by atoms with van der Waals surface area (Å²) in [6, 6.07) is 15.6. The summed E-state index contributed by atoms with van der Waals surface area (Å²) in [5.74, 6) is -1.22. The van der Waals surface area contributed by atoms with Crippen LogP contribution >= 0.6 is 11.6 Å². The summed E-state index contributed by atoms with van der Waals surface area (Å²) in [6.07, 6.45) is 4.49. The Morgan fingerprint density at radius 3 is 2.48 bits per heavy atom. The predicted octanol–water partition coefficient (Wildman–Crippen LogP) is 5.55. The molecule has 0 aromatic heterocycles. The molecule has 0 unspecified atom stereocenters. The van der Waals surface area contributed by atoms with Gasteiger partial charge >= 0.3 is 5.97 Å². The number of rotatable bonds is 3. The Kier molecular flexibility index (Phi) is 5.44. The first kappa shape index (κ1) is 20.6. The van der Waals surface area contributed by atoms with Gasteiger partial charge in [0.2, 0.25) is 5.91 Å². The molecule has 6 heteroatoms. The first-order valence-electron chi connectivity index (χ1n) is 9.59. The van der Waals surface area contributed by atoms with Crippen LogP contribution in [0.2, 0.25) is 5.02 Å². The zero-order valence-corrected chi connectivity index (χ0v) is 17.4. The number of carboxylic acids is 1. The summed E-state index contributed by atoms with van der Waals surface area (Å²) in [4.78, 5) is 37.0. The van der Waals surface area contributed by atoms with E-state index in [2.05, 4.69) is 0 Å². The number of aldehydes is 1. The molecule has 154 valence electrons. The molecule has 5 nitrogen and oxygen atoms in total. The fourth-order valence-electron chi connectivity index (χ4n) is 3.76. The largest absolute Gasteiger partial charge is 0.478 e. The monoisotopic (exact) mass is 431 g/mol. The highest BCUT2D eigenvalue weighted by Gasteiger charge is 2.20. The number of anilines is 1. The smallest absolute Gasteiger partial charge is 0.336 e. The van der Waals surface area contributed by atoms with Gasteiger partial charge in [0.25, 0.3) is 0 Å². The number of amides is 1. The van der Waals surface area contributed by atoms with E-state index in [9.17, 15) is 19.5 Å². The van der Waals surface area contributed by atoms with Crippen molar-refractivity contribution in [2.45, 2.75) is 13.5 Å². The Balaban J connectivity index is 1.86. The van der Waals surface area contributed by atoms with Gasteiger partial charge in [0, 0.05) is 17.5 Å². The molecule has 0 atom stereocenters. The van der Waals surface area contributed by atoms with Crippen LogP contribution in [0, 0.1) is 0 Å². The number of nitrogens with zero attached hydrogens (tertiary/aromatic N) is 1. The second kappa shape index (κ2) is 8.20. The molecule has 31 heavy (non-hydrogen) atoms. The highest BCUT2D eigenvalue weighted by Crippen LogP contribution is 2.33. The van der Waals surface area contributed by atoms with Crippen molar-refractivity contribution in [3.05, 3.63) is 87.4 Å². The van der Waals surface area contributed by atoms with Gasteiger partial charge in [-0.05, 0) is 58.1 Å². The molecule has 0 saturated carbocycles. The van der Waals surface area contributed by atoms with E-state index in [0.717, 1.165) is 22.4 Å². The number of hydrogen-bond donors (Lipinski definition) is 1. The van der Waals surface area contributed by atoms with Crippen molar-refractivity contribution in [1.29, 1.82) is 0 Å². The maximum absolute atomic E-state index is 12.4. The van der Waals surface area contributed by atoms with Crippen molar-refractivity contribution in [2.24, 2.45) is 0 Å². The van der Waals surface area contributed by atoms with Crippen LogP contribution in [-0.2, 0) is 11.3 Å². The standard InChI is InChI=1S/C25H18ClNO4/c1-15(29)27-13-20-11-18(22-8-2-16(14-28)10-23(22)25(30)31)5-3-17(20)4-6-19-12-21(26)7-9-24(19)27/h2-12,14H,13H2,1H3,(H,30,31)/b6-4-. The Morgan fingerprint density at radius 1 is 1.00 bits per heavy atom. The zero-order chi connectivity index (χ0) is 22.1. The summed E-state index contributed by atoms with van der Waals surface area (Å²) in [5.41, 5.74) is 4.95. The Hall–Kier alpha value is -3.70. The van der Waals surface area contributed by atoms with Gasteiger partial charge in [-0.3, -0.25) is 9.59 Å². The second-order valence-electron chi connectivity index (χ2n) is 7.28. The molecule has 0 saturated heterocycles. The molecule has 1 aliphatic heterocycles. The third-order valence-electron chi connectivity index (χ3n) is 5.30. The topological polar surface area (TPSA) is 74.7 Å². The lowest BCUT2D eigenvalue weighted by Gasteiger charge is -2.26. The van der Waals surface area contributed by atoms with Crippen LogP contribution < -0.4 is 4.90 Å². The van der Waals surface area contributed by atoms with Gasteiger partial charge in [0.1, 0.15) is 6.29 Å². The first-order chi connectivity index (χ1) is 14.9. The fourth-order valence-corrected chi connectivity index (χ4v) is 3.94. The second-order valence-corrected chi connectivity index (χ2v) is 7.72. The number of benzene rings is 3. The van der Waals surface area contributed by atoms with Crippen LogP contribution in [0.15, 0.2) is 54.6 Å². The maximum atomic E-state index is 12.4. The van der Waals surface area contributed by atoms with Gasteiger partial charge in [0.05, 0.1) is 17.8 Å². The molecule has 1 N–H and O–H groups in total. The number of fused-ring (bicyclic) bond motifs is 2. The Bertz CT molecular complexity index is 1260. The molecule has 0 radical (unpaired) electrons. The van der Waals surface area contributed by atoms with Crippen LogP contribution in [0.5, 0.6) is 0 Å². The molecule has 0 fully saturated rings. The fraction of sp³-hybridized carbons (Fsp3) is 0.0800. The van der Waals surface area contributed by atoms with Crippen LogP contribution in [0.25, 0.3) is 23.3 Å². The zero-order valence-electron chi connectivity index (χ0n) is 16.6. The SMILES string of the molecule is CC(=O)N1Cc2cc(-c3ccc(C=O)cc3C(=O)O)ccc2/C=C\c2cc(Cl)ccc21. The molecule has 3 aromatic carbocycles. The van der Waals surface area contributed by atoms with E-state index in [0.29, 0.717) is 34.5 Å². The van der Waals surface area contributed by atoms with E-state index in [-0.39, 0.29) is 11.5 Å². The molecule has 0 bridgehead atoms. The number of hydrogen-bond acceptors (Lipinski definition) is 3. The number of carbonyl (C=O) groups is 3. The van der Waals surface area contributed by atoms with Gasteiger partial charge in [-0.25, -0.2) is 4.79 Å². The van der Waals surface area contributed by atoms with Crippen molar-refractivity contribution in [1.82, 2.24) is 0 Å². The molecular formula is C25H18ClNO4. The van der Waals surface area contributed by atoms with Crippen LogP contribution in [0.3, 0.4) is 0 Å². The van der Waals surface area contributed by atoms with Crippen molar-refractivity contribution in [3.63, 3.8) is 0 Å². The van der Waals surface area contributed by atoms with Crippen LogP contribution in [-0.4, -0.2) is 23.3 Å². The van der Waals surface area contributed by atoms with Gasteiger partial charge in [-0.2, -0.15) is 0 Å². The number of carboxylic acid groups (broad SMARTS) is 1. The number of halogens is 1. The molecule has 4 rings (SSSR count). The lowest BCUT2D eigenvalue weighted by atomic mass is 9.93. The van der Waals surface area contributed by atoms with Gasteiger partial charge in [-0.15, -0.1) is 0 Å². The minimum absolute atomic E-state index is 0.0503. The lowest BCUT2D eigenvalue weighted by Crippen LogP contribution is -2.29.